The Morgan fingerprint density at radius 3 is 2.48 bits per heavy atom. The second-order valence-corrected chi connectivity index (χ2v) is 4.30. The van der Waals surface area contributed by atoms with Gasteiger partial charge in [0.05, 0.1) is 4.92 Å². The Bertz CT molecular complexity index is 703. The van der Waals surface area contributed by atoms with Crippen LogP contribution in [0.4, 0.5) is 5.69 Å². The van der Waals surface area contributed by atoms with Gasteiger partial charge >= 0.3 is 0 Å². The minimum absolute atomic E-state index is 0.0888. The van der Waals surface area contributed by atoms with Gasteiger partial charge in [0, 0.05) is 17.7 Å². The topological polar surface area (TPSA) is 60.2 Å². The minimum atomic E-state index is -0.518. The molecule has 104 valence electrons. The minimum Gasteiger partial charge on any atom is -0.289 e. The molecule has 2 aromatic rings. The van der Waals surface area contributed by atoms with Gasteiger partial charge in [0.25, 0.3) is 5.69 Å². The molecular formula is C17H13NO3. The number of nitro benzene ring substituents is 1. The Balaban J connectivity index is 2.04. The highest BCUT2D eigenvalue weighted by atomic mass is 16.6. The van der Waals surface area contributed by atoms with Crippen molar-refractivity contribution in [3.8, 4) is 0 Å². The molecule has 4 nitrogen and oxygen atoms in total. The molecule has 0 bridgehead atoms. The monoisotopic (exact) mass is 279 g/mol. The summed E-state index contributed by atoms with van der Waals surface area (Å²) in [6, 6.07) is 15.4. The Labute approximate surface area is 122 Å². The van der Waals surface area contributed by atoms with Crippen LogP contribution in [0, 0.1) is 10.1 Å². The quantitative estimate of drug-likeness (QED) is 0.273. The number of carbonyl (C=O) groups excluding carboxylic acids is 1. The molecule has 0 amide bonds. The summed E-state index contributed by atoms with van der Waals surface area (Å²) in [6.45, 7) is 0. The summed E-state index contributed by atoms with van der Waals surface area (Å²) in [5, 5.41) is 10.7. The second-order valence-electron chi connectivity index (χ2n) is 4.30. The van der Waals surface area contributed by atoms with Crippen LogP contribution in [0.25, 0.3) is 6.08 Å². The maximum atomic E-state index is 11.9. The summed E-state index contributed by atoms with van der Waals surface area (Å²) in [5.74, 6) is -0.267. The molecule has 21 heavy (non-hydrogen) atoms. The zero-order valence-electron chi connectivity index (χ0n) is 11.2. The normalized spacial score (nSPS) is 11.0. The molecule has 0 fully saturated rings. The summed E-state index contributed by atoms with van der Waals surface area (Å²) < 4.78 is 0. The lowest BCUT2D eigenvalue weighted by molar-refractivity contribution is -0.384. The lowest BCUT2D eigenvalue weighted by atomic mass is 10.1. The van der Waals surface area contributed by atoms with Gasteiger partial charge in [-0.1, -0.05) is 60.7 Å². The van der Waals surface area contributed by atoms with Crippen molar-refractivity contribution in [1.29, 1.82) is 0 Å². The van der Waals surface area contributed by atoms with E-state index in [1.165, 1.54) is 24.3 Å². The number of nitrogens with zero attached hydrogens (tertiary/aromatic N) is 1. The zero-order chi connectivity index (χ0) is 15.1. The standard InChI is InChI=1S/C17H13NO3/c19-17(15-10-6-11-16(13-15)18(20)21)12-5-4-9-14-7-2-1-3-8-14/h1-13H. The maximum Gasteiger partial charge on any atom is 0.270 e. The van der Waals surface area contributed by atoms with Gasteiger partial charge in [0.1, 0.15) is 0 Å². The first-order valence-corrected chi connectivity index (χ1v) is 6.35. The van der Waals surface area contributed by atoms with E-state index in [0.717, 1.165) is 5.56 Å². The van der Waals surface area contributed by atoms with E-state index in [1.807, 2.05) is 36.4 Å². The van der Waals surface area contributed by atoms with Crippen molar-refractivity contribution in [3.63, 3.8) is 0 Å². The van der Waals surface area contributed by atoms with Gasteiger partial charge in [-0.05, 0) is 11.6 Å². The van der Waals surface area contributed by atoms with Crippen LogP contribution in [0.1, 0.15) is 15.9 Å². The fraction of sp³-hybridized carbons (Fsp3) is 0. The van der Waals surface area contributed by atoms with Gasteiger partial charge in [-0.15, -0.1) is 0 Å². The molecule has 0 N–H and O–H groups in total. The molecule has 0 saturated carbocycles. The average molecular weight is 279 g/mol. The predicted octanol–water partition coefficient (Wildman–Crippen LogP) is 4.05. The van der Waals surface area contributed by atoms with Crippen molar-refractivity contribution in [3.05, 3.63) is 94.1 Å². The Hall–Kier alpha value is -3.01. The summed E-state index contributed by atoms with van der Waals surface area (Å²) in [7, 11) is 0. The summed E-state index contributed by atoms with van der Waals surface area (Å²) in [4.78, 5) is 22.0. The molecule has 0 atom stereocenters. The molecule has 0 aliphatic heterocycles. The molecule has 0 unspecified atom stereocenters. The van der Waals surface area contributed by atoms with Gasteiger partial charge in [0.2, 0.25) is 0 Å². The summed E-state index contributed by atoms with van der Waals surface area (Å²) in [6.07, 6.45) is 6.63. The molecule has 0 saturated heterocycles. The molecule has 0 radical (unpaired) electrons. The molecule has 2 rings (SSSR count). The van der Waals surface area contributed by atoms with Gasteiger partial charge in [-0.3, -0.25) is 14.9 Å². The molecule has 0 spiro atoms. The van der Waals surface area contributed by atoms with Crippen LogP contribution >= 0.6 is 0 Å². The predicted molar refractivity (Wildman–Crippen MR) is 82.0 cm³/mol. The number of carbonyl (C=O) groups is 1. The highest BCUT2D eigenvalue weighted by Crippen LogP contribution is 2.13. The molecule has 0 aliphatic carbocycles. The molecule has 0 heterocycles. The zero-order valence-corrected chi connectivity index (χ0v) is 11.2. The molecule has 2 aromatic carbocycles. The first kappa shape index (κ1) is 14.4. The van der Waals surface area contributed by atoms with Crippen LogP contribution in [0.2, 0.25) is 0 Å². The highest BCUT2D eigenvalue weighted by Gasteiger charge is 2.08. The van der Waals surface area contributed by atoms with E-state index >= 15 is 0 Å². The van der Waals surface area contributed by atoms with Gasteiger partial charge < -0.3 is 0 Å². The summed E-state index contributed by atoms with van der Waals surface area (Å²) >= 11 is 0. The van der Waals surface area contributed by atoms with E-state index in [0.29, 0.717) is 5.56 Å². The Kier molecular flexibility index (Phi) is 4.77. The molecule has 4 heteroatoms. The Morgan fingerprint density at radius 2 is 1.76 bits per heavy atom. The third-order valence-corrected chi connectivity index (χ3v) is 2.79. The van der Waals surface area contributed by atoms with Crippen molar-refractivity contribution in [1.82, 2.24) is 0 Å². The first-order chi connectivity index (χ1) is 10.2. The van der Waals surface area contributed by atoms with Crippen LogP contribution in [-0.4, -0.2) is 10.7 Å². The van der Waals surface area contributed by atoms with Gasteiger partial charge in [0.15, 0.2) is 5.78 Å². The number of benzene rings is 2. The van der Waals surface area contributed by atoms with E-state index in [4.69, 9.17) is 0 Å². The van der Waals surface area contributed by atoms with E-state index in [9.17, 15) is 14.9 Å². The number of rotatable bonds is 5. The van der Waals surface area contributed by atoms with Crippen LogP contribution in [0.15, 0.2) is 72.8 Å². The lowest BCUT2D eigenvalue weighted by Crippen LogP contribution is -1.96. The fourth-order valence-corrected chi connectivity index (χ4v) is 1.74. The largest absolute Gasteiger partial charge is 0.289 e. The number of ketones is 1. The van der Waals surface area contributed by atoms with E-state index in [-0.39, 0.29) is 11.5 Å². The SMILES string of the molecule is O=C(C=CC=Cc1ccccc1)c1cccc([N+](=O)[O-])c1. The third-order valence-electron chi connectivity index (χ3n) is 2.79. The van der Waals surface area contributed by atoms with Gasteiger partial charge in [-0.25, -0.2) is 0 Å². The number of non-ortho nitro benzene ring substituents is 1. The van der Waals surface area contributed by atoms with Crippen molar-refractivity contribution in [2.24, 2.45) is 0 Å². The smallest absolute Gasteiger partial charge is 0.270 e. The first-order valence-electron chi connectivity index (χ1n) is 6.35. The number of nitro groups is 1. The molecule has 0 aliphatic rings. The van der Waals surface area contributed by atoms with E-state index in [1.54, 1.807) is 18.2 Å². The highest BCUT2D eigenvalue weighted by molar-refractivity contribution is 6.05. The third kappa shape index (κ3) is 4.24. The van der Waals surface area contributed by atoms with Crippen LogP contribution < -0.4 is 0 Å². The van der Waals surface area contributed by atoms with E-state index in [2.05, 4.69) is 0 Å². The lowest BCUT2D eigenvalue weighted by Gasteiger charge is -1.95. The van der Waals surface area contributed by atoms with Crippen molar-refractivity contribution >= 4 is 17.5 Å². The van der Waals surface area contributed by atoms with Crippen LogP contribution in [0.5, 0.6) is 0 Å². The average Bonchev–Trinajstić information content (AvgIpc) is 2.52. The second kappa shape index (κ2) is 6.96. The van der Waals surface area contributed by atoms with Crippen molar-refractivity contribution < 1.29 is 9.72 Å². The number of allylic oxidation sites excluding steroid dienone is 3. The fourth-order valence-electron chi connectivity index (χ4n) is 1.74. The van der Waals surface area contributed by atoms with Gasteiger partial charge in [-0.2, -0.15) is 0 Å². The van der Waals surface area contributed by atoms with Crippen LogP contribution in [-0.2, 0) is 0 Å². The molecular weight excluding hydrogens is 266 g/mol. The van der Waals surface area contributed by atoms with Crippen molar-refractivity contribution in [2.45, 2.75) is 0 Å². The number of hydrogen-bond acceptors (Lipinski definition) is 3. The summed E-state index contributed by atoms with van der Waals surface area (Å²) in [5.41, 5.74) is 1.24. The van der Waals surface area contributed by atoms with E-state index < -0.39 is 4.92 Å². The Morgan fingerprint density at radius 1 is 1.00 bits per heavy atom. The van der Waals surface area contributed by atoms with Crippen molar-refractivity contribution in [2.75, 3.05) is 0 Å². The molecule has 0 aromatic heterocycles. The number of hydrogen-bond donors (Lipinski definition) is 0. The maximum absolute atomic E-state index is 11.9. The van der Waals surface area contributed by atoms with Crippen LogP contribution in [0.3, 0.4) is 0 Å².